The molecule has 3 aromatic rings. The molecule has 140 valence electrons. The van der Waals surface area contributed by atoms with Crippen LogP contribution in [0.5, 0.6) is 0 Å². The molecule has 0 amide bonds. The van der Waals surface area contributed by atoms with E-state index in [1.54, 1.807) is 0 Å². The second kappa shape index (κ2) is 6.84. The Balaban J connectivity index is 2.52. The quantitative estimate of drug-likeness (QED) is 0.527. The molecule has 0 aliphatic carbocycles. The highest BCUT2D eigenvalue weighted by Crippen LogP contribution is 2.36. The fourth-order valence-corrected chi connectivity index (χ4v) is 2.99. The fourth-order valence-electron chi connectivity index (χ4n) is 2.99. The minimum Gasteiger partial charge on any atom is -0.478 e. The van der Waals surface area contributed by atoms with Gasteiger partial charge in [-0.3, -0.25) is 0 Å². The summed E-state index contributed by atoms with van der Waals surface area (Å²) in [6, 6.07) is 10.0. The smallest absolute Gasteiger partial charge is 0.336 e. The number of carboxylic acids is 4. The predicted molar refractivity (Wildman–Crippen MR) is 97.2 cm³/mol. The van der Waals surface area contributed by atoms with E-state index < -0.39 is 23.9 Å². The summed E-state index contributed by atoms with van der Waals surface area (Å²) in [6.07, 6.45) is 0. The largest absolute Gasteiger partial charge is 0.478 e. The van der Waals surface area contributed by atoms with Crippen LogP contribution < -0.4 is 0 Å². The normalized spacial score (nSPS) is 10.6. The van der Waals surface area contributed by atoms with Crippen LogP contribution in [0.3, 0.4) is 0 Å². The van der Waals surface area contributed by atoms with E-state index in [-0.39, 0.29) is 38.8 Å². The zero-order valence-electron chi connectivity index (χ0n) is 14.0. The van der Waals surface area contributed by atoms with Crippen molar-refractivity contribution in [3.8, 4) is 11.1 Å². The average Bonchev–Trinajstić information content (AvgIpc) is 2.65. The average molecular weight is 380 g/mol. The minimum absolute atomic E-state index is 0.0615. The van der Waals surface area contributed by atoms with Crippen LogP contribution in [0, 0.1) is 0 Å². The molecule has 0 aliphatic rings. The van der Waals surface area contributed by atoms with Crippen molar-refractivity contribution in [2.45, 2.75) is 0 Å². The molecular weight excluding hydrogens is 368 g/mol. The monoisotopic (exact) mass is 380 g/mol. The van der Waals surface area contributed by atoms with Crippen LogP contribution in [0.2, 0.25) is 0 Å². The lowest BCUT2D eigenvalue weighted by Crippen LogP contribution is -2.07. The molecule has 0 heterocycles. The molecule has 8 heteroatoms. The molecule has 0 saturated heterocycles. The summed E-state index contributed by atoms with van der Waals surface area (Å²) in [5.74, 6) is -5.31. The second-order valence-electron chi connectivity index (χ2n) is 5.91. The van der Waals surface area contributed by atoms with E-state index in [0.717, 1.165) is 18.2 Å². The Labute approximate surface area is 156 Å². The molecule has 0 fully saturated rings. The summed E-state index contributed by atoms with van der Waals surface area (Å²) < 4.78 is 0. The minimum atomic E-state index is -1.38. The van der Waals surface area contributed by atoms with Gasteiger partial charge in [-0.1, -0.05) is 12.1 Å². The molecule has 3 aromatic carbocycles. The molecule has 28 heavy (non-hydrogen) atoms. The van der Waals surface area contributed by atoms with Gasteiger partial charge in [0.1, 0.15) is 0 Å². The maximum Gasteiger partial charge on any atom is 0.336 e. The van der Waals surface area contributed by atoms with Crippen molar-refractivity contribution >= 4 is 34.6 Å². The molecule has 0 bridgehead atoms. The maximum atomic E-state index is 11.8. The molecule has 0 radical (unpaired) electrons. The summed E-state index contributed by atoms with van der Waals surface area (Å²) in [7, 11) is 0. The third-order valence-electron chi connectivity index (χ3n) is 4.27. The number of hydrogen-bond donors (Lipinski definition) is 4. The first kappa shape index (κ1) is 18.6. The summed E-state index contributed by atoms with van der Waals surface area (Å²) in [5.41, 5.74) is -1.13. The fraction of sp³-hybridized carbons (Fsp3) is 0. The Morgan fingerprint density at radius 3 is 1.64 bits per heavy atom. The Hall–Kier alpha value is -4.20. The third-order valence-corrected chi connectivity index (χ3v) is 4.27. The first-order chi connectivity index (χ1) is 13.2. The van der Waals surface area contributed by atoms with E-state index in [9.17, 15) is 39.6 Å². The Bertz CT molecular complexity index is 1170. The number of aromatic carboxylic acids is 4. The van der Waals surface area contributed by atoms with Gasteiger partial charge < -0.3 is 20.4 Å². The molecule has 8 nitrogen and oxygen atoms in total. The van der Waals surface area contributed by atoms with Gasteiger partial charge in [0.25, 0.3) is 0 Å². The number of hydrogen-bond acceptors (Lipinski definition) is 4. The van der Waals surface area contributed by atoms with Crippen LogP contribution in [0.25, 0.3) is 21.9 Å². The predicted octanol–water partition coefficient (Wildman–Crippen LogP) is 3.30. The Morgan fingerprint density at radius 2 is 1.07 bits per heavy atom. The number of rotatable bonds is 5. The molecule has 0 unspecified atom stereocenters. The van der Waals surface area contributed by atoms with Crippen molar-refractivity contribution in [3.05, 3.63) is 70.8 Å². The van der Waals surface area contributed by atoms with Crippen LogP contribution in [0.1, 0.15) is 41.4 Å². The van der Waals surface area contributed by atoms with Gasteiger partial charge in [-0.25, -0.2) is 19.2 Å². The lowest BCUT2D eigenvalue weighted by Gasteiger charge is -2.14. The van der Waals surface area contributed by atoms with Crippen LogP contribution in [-0.2, 0) is 0 Å². The highest BCUT2D eigenvalue weighted by Gasteiger charge is 2.22. The van der Waals surface area contributed by atoms with Crippen LogP contribution in [0.4, 0.5) is 0 Å². The van der Waals surface area contributed by atoms with E-state index in [2.05, 4.69) is 0 Å². The van der Waals surface area contributed by atoms with Crippen molar-refractivity contribution in [1.82, 2.24) is 0 Å². The highest BCUT2D eigenvalue weighted by molar-refractivity contribution is 6.12. The third kappa shape index (κ3) is 3.14. The lowest BCUT2D eigenvalue weighted by atomic mass is 9.88. The topological polar surface area (TPSA) is 149 Å². The first-order valence-electron chi connectivity index (χ1n) is 7.85. The molecular formula is C20H12O8. The number of carbonyl (C=O) groups is 4. The molecule has 4 N–H and O–H groups in total. The summed E-state index contributed by atoms with van der Waals surface area (Å²) >= 11 is 0. The van der Waals surface area contributed by atoms with Crippen molar-refractivity contribution in [1.29, 1.82) is 0 Å². The van der Waals surface area contributed by atoms with Crippen molar-refractivity contribution in [2.24, 2.45) is 0 Å². The number of carboxylic acid groups (broad SMARTS) is 4. The molecule has 0 aliphatic heterocycles. The molecule has 0 aromatic heterocycles. The van der Waals surface area contributed by atoms with Gasteiger partial charge >= 0.3 is 23.9 Å². The van der Waals surface area contributed by atoms with Gasteiger partial charge in [-0.05, 0) is 52.7 Å². The van der Waals surface area contributed by atoms with Crippen molar-refractivity contribution < 1.29 is 39.6 Å². The van der Waals surface area contributed by atoms with Crippen molar-refractivity contribution in [2.75, 3.05) is 0 Å². The van der Waals surface area contributed by atoms with Gasteiger partial charge in [0.15, 0.2) is 0 Å². The van der Waals surface area contributed by atoms with Gasteiger partial charge in [0, 0.05) is 5.56 Å². The zero-order valence-corrected chi connectivity index (χ0v) is 14.0. The van der Waals surface area contributed by atoms with E-state index in [1.165, 1.54) is 30.3 Å². The molecule has 0 saturated carbocycles. The van der Waals surface area contributed by atoms with Crippen molar-refractivity contribution in [3.63, 3.8) is 0 Å². The van der Waals surface area contributed by atoms with Crippen LogP contribution in [0.15, 0.2) is 48.5 Å². The second-order valence-corrected chi connectivity index (χ2v) is 5.91. The van der Waals surface area contributed by atoms with Gasteiger partial charge in [0.2, 0.25) is 0 Å². The SMILES string of the molecule is O=C(O)c1ccc(C(=O)O)c(-c2c(C(=O)O)ccc3ccc(C(=O)O)cc23)c1. The Kier molecular flexibility index (Phi) is 4.54. The highest BCUT2D eigenvalue weighted by atomic mass is 16.4. The van der Waals surface area contributed by atoms with E-state index >= 15 is 0 Å². The van der Waals surface area contributed by atoms with Crippen LogP contribution >= 0.6 is 0 Å². The number of benzene rings is 3. The zero-order chi connectivity index (χ0) is 20.6. The maximum absolute atomic E-state index is 11.8. The van der Waals surface area contributed by atoms with Gasteiger partial charge in [-0.2, -0.15) is 0 Å². The van der Waals surface area contributed by atoms with E-state index in [0.29, 0.717) is 5.39 Å². The summed E-state index contributed by atoms with van der Waals surface area (Å²) in [5, 5.41) is 38.3. The first-order valence-corrected chi connectivity index (χ1v) is 7.85. The molecule has 0 spiro atoms. The van der Waals surface area contributed by atoms with E-state index in [1.807, 2.05) is 0 Å². The molecule has 3 rings (SSSR count). The number of fused-ring (bicyclic) bond motifs is 1. The standard InChI is InChI=1S/C20H12O8/c21-17(22)10-2-1-9-3-6-13(20(27)28)16(14(9)7-10)15-8-11(18(23)24)4-5-12(15)19(25)26/h1-8H,(H,21,22)(H,23,24)(H,25,26)(H,27,28). The van der Waals surface area contributed by atoms with E-state index in [4.69, 9.17) is 0 Å². The summed E-state index contributed by atoms with van der Waals surface area (Å²) in [4.78, 5) is 46.1. The lowest BCUT2D eigenvalue weighted by molar-refractivity contribution is 0.0681. The molecule has 0 atom stereocenters. The summed E-state index contributed by atoms with van der Waals surface area (Å²) in [6.45, 7) is 0. The Morgan fingerprint density at radius 1 is 0.571 bits per heavy atom. The van der Waals surface area contributed by atoms with Gasteiger partial charge in [-0.15, -0.1) is 0 Å². The van der Waals surface area contributed by atoms with Crippen LogP contribution in [-0.4, -0.2) is 44.3 Å². The van der Waals surface area contributed by atoms with Gasteiger partial charge in [0.05, 0.1) is 22.3 Å².